The summed E-state index contributed by atoms with van der Waals surface area (Å²) in [6.07, 6.45) is 9.85. The van der Waals surface area contributed by atoms with Gasteiger partial charge in [-0.15, -0.1) is 0 Å². The lowest BCUT2D eigenvalue weighted by Crippen LogP contribution is -2.34. The predicted octanol–water partition coefficient (Wildman–Crippen LogP) is 3.24. The van der Waals surface area contributed by atoms with Gasteiger partial charge in [0.25, 0.3) is 0 Å². The molecule has 1 saturated carbocycles. The maximum Gasteiger partial charge on any atom is 0.305 e. The predicted molar refractivity (Wildman–Crippen MR) is 72.7 cm³/mol. The van der Waals surface area contributed by atoms with E-state index >= 15 is 0 Å². The number of methoxy groups -OCH3 is 1. The van der Waals surface area contributed by atoms with Gasteiger partial charge in [-0.2, -0.15) is 0 Å². The van der Waals surface area contributed by atoms with Crippen LogP contribution in [0, 0.1) is 11.3 Å². The largest absolute Gasteiger partial charge is 0.469 e. The number of carbonyl (C=O) groups is 1. The molecule has 0 aromatic rings. The van der Waals surface area contributed by atoms with E-state index in [1.807, 2.05) is 0 Å². The van der Waals surface area contributed by atoms with Gasteiger partial charge in [0.1, 0.15) is 0 Å². The van der Waals surface area contributed by atoms with Crippen LogP contribution >= 0.6 is 0 Å². The van der Waals surface area contributed by atoms with Crippen LogP contribution < -0.4 is 0 Å². The maximum absolute atomic E-state index is 11.7. The smallest absolute Gasteiger partial charge is 0.305 e. The molecule has 19 heavy (non-hydrogen) atoms. The molecule has 3 rings (SSSR count). The van der Waals surface area contributed by atoms with Crippen LogP contribution in [-0.4, -0.2) is 25.3 Å². The van der Waals surface area contributed by atoms with Crippen LogP contribution in [0.3, 0.4) is 0 Å². The first-order valence-electron chi connectivity index (χ1n) is 7.48. The lowest BCUT2D eigenvalue weighted by atomic mass is 9.73. The summed E-state index contributed by atoms with van der Waals surface area (Å²) in [6, 6.07) is 0. The minimum absolute atomic E-state index is 0.0621. The summed E-state index contributed by atoms with van der Waals surface area (Å²) < 4.78 is 10.8. The van der Waals surface area contributed by atoms with Gasteiger partial charge >= 0.3 is 5.97 Å². The first kappa shape index (κ1) is 13.2. The Bertz CT molecular complexity index is 402. The van der Waals surface area contributed by atoms with E-state index in [9.17, 15) is 4.79 Å². The number of hydrogen-bond donors (Lipinski definition) is 0. The number of rotatable bonds is 2. The molecule has 2 fully saturated rings. The van der Waals surface area contributed by atoms with Crippen molar-refractivity contribution in [3.05, 3.63) is 11.6 Å². The molecule has 2 unspecified atom stereocenters. The van der Waals surface area contributed by atoms with Crippen LogP contribution in [0.25, 0.3) is 0 Å². The number of fused-ring (bicyclic) bond motifs is 1. The van der Waals surface area contributed by atoms with Crippen molar-refractivity contribution >= 4 is 5.97 Å². The Labute approximate surface area is 115 Å². The quantitative estimate of drug-likeness (QED) is 0.436. The number of ether oxygens (including phenoxy) is 2. The molecule has 0 bridgehead atoms. The normalized spacial score (nSPS) is 38.8. The minimum Gasteiger partial charge on any atom is -0.469 e. The van der Waals surface area contributed by atoms with Gasteiger partial charge < -0.3 is 9.47 Å². The highest BCUT2D eigenvalue weighted by Crippen LogP contribution is 2.68. The Morgan fingerprint density at radius 2 is 2.21 bits per heavy atom. The van der Waals surface area contributed by atoms with Crippen LogP contribution in [0.15, 0.2) is 11.6 Å². The molecule has 0 amide bonds. The van der Waals surface area contributed by atoms with Crippen LogP contribution in [0.5, 0.6) is 0 Å². The van der Waals surface area contributed by atoms with E-state index in [0.29, 0.717) is 12.3 Å². The van der Waals surface area contributed by atoms with Crippen molar-refractivity contribution in [2.75, 3.05) is 13.7 Å². The molecule has 3 nitrogen and oxygen atoms in total. The van der Waals surface area contributed by atoms with Crippen molar-refractivity contribution in [1.82, 2.24) is 0 Å². The SMILES string of the molecule is COC(=O)CC1CC/C(C)=C/CCC2(CO2)C12CC2. The highest BCUT2D eigenvalue weighted by atomic mass is 16.6. The molecule has 0 aromatic heterocycles. The zero-order valence-corrected chi connectivity index (χ0v) is 12.0. The molecule has 0 aromatic carbocycles. The molecule has 3 heteroatoms. The molecule has 1 aliphatic heterocycles. The van der Waals surface area contributed by atoms with Crippen LogP contribution in [0.1, 0.15) is 51.9 Å². The van der Waals surface area contributed by atoms with Gasteiger partial charge in [-0.1, -0.05) is 11.6 Å². The lowest BCUT2D eigenvalue weighted by molar-refractivity contribution is -0.142. The summed E-state index contributed by atoms with van der Waals surface area (Å²) >= 11 is 0. The highest BCUT2D eigenvalue weighted by Gasteiger charge is 2.69. The average molecular weight is 264 g/mol. The number of hydrogen-bond acceptors (Lipinski definition) is 3. The van der Waals surface area contributed by atoms with E-state index < -0.39 is 0 Å². The molecule has 106 valence electrons. The molecule has 2 atom stereocenters. The Hall–Kier alpha value is -0.830. The fourth-order valence-corrected chi connectivity index (χ4v) is 4.05. The van der Waals surface area contributed by atoms with Gasteiger partial charge in [-0.05, 0) is 51.4 Å². The second-order valence-electron chi connectivity index (χ2n) is 6.54. The summed E-state index contributed by atoms with van der Waals surface area (Å²) in [4.78, 5) is 11.7. The van der Waals surface area contributed by atoms with Crippen molar-refractivity contribution in [1.29, 1.82) is 0 Å². The van der Waals surface area contributed by atoms with Crippen LogP contribution in [0.2, 0.25) is 0 Å². The average Bonchev–Trinajstić information content (AvgIpc) is 3.25. The molecule has 1 saturated heterocycles. The Morgan fingerprint density at radius 1 is 1.47 bits per heavy atom. The topological polar surface area (TPSA) is 38.8 Å². The van der Waals surface area contributed by atoms with Crippen molar-refractivity contribution in [3.8, 4) is 0 Å². The number of esters is 1. The molecule has 0 radical (unpaired) electrons. The molecule has 0 N–H and O–H groups in total. The molecular formula is C16H24O3. The minimum atomic E-state index is -0.0621. The zero-order valence-electron chi connectivity index (χ0n) is 12.0. The van der Waals surface area contributed by atoms with Crippen molar-refractivity contribution < 1.29 is 14.3 Å². The van der Waals surface area contributed by atoms with Gasteiger partial charge in [0.2, 0.25) is 0 Å². The Balaban J connectivity index is 1.82. The Morgan fingerprint density at radius 3 is 2.79 bits per heavy atom. The molecular weight excluding hydrogens is 240 g/mol. The van der Waals surface area contributed by atoms with E-state index in [0.717, 1.165) is 32.3 Å². The summed E-state index contributed by atoms with van der Waals surface area (Å²) in [6.45, 7) is 3.11. The van der Waals surface area contributed by atoms with Gasteiger partial charge in [-0.3, -0.25) is 4.79 Å². The summed E-state index contributed by atoms with van der Waals surface area (Å²) in [5.41, 5.74) is 1.83. The number of carbonyl (C=O) groups excluding carboxylic acids is 1. The van der Waals surface area contributed by atoms with E-state index in [1.54, 1.807) is 0 Å². The summed E-state index contributed by atoms with van der Waals surface area (Å²) in [7, 11) is 1.49. The van der Waals surface area contributed by atoms with E-state index in [4.69, 9.17) is 9.47 Å². The second kappa shape index (κ2) is 4.62. The monoisotopic (exact) mass is 264 g/mol. The maximum atomic E-state index is 11.7. The van der Waals surface area contributed by atoms with Gasteiger partial charge in [0.05, 0.1) is 19.3 Å². The van der Waals surface area contributed by atoms with E-state index in [-0.39, 0.29) is 17.0 Å². The molecule has 1 heterocycles. The number of epoxide rings is 1. The standard InChI is InChI=1S/C16H24O3/c1-12-4-3-7-16(11-19-16)15(8-9-15)13(6-5-12)10-14(17)18-2/h4,13H,3,5-11H2,1-2H3/b12-4+. The van der Waals surface area contributed by atoms with E-state index in [1.165, 1.54) is 25.5 Å². The van der Waals surface area contributed by atoms with Crippen LogP contribution in [0.4, 0.5) is 0 Å². The molecule has 3 aliphatic rings. The third-order valence-corrected chi connectivity index (χ3v) is 5.54. The molecule has 2 aliphatic carbocycles. The Kier molecular flexibility index (Phi) is 3.20. The van der Waals surface area contributed by atoms with Crippen molar-refractivity contribution in [2.45, 2.75) is 57.5 Å². The zero-order chi connectivity index (χ0) is 13.5. The first-order valence-corrected chi connectivity index (χ1v) is 7.48. The summed E-state index contributed by atoms with van der Waals surface area (Å²) in [5, 5.41) is 0. The van der Waals surface area contributed by atoms with Gasteiger partial charge in [0, 0.05) is 11.8 Å². The van der Waals surface area contributed by atoms with Crippen LogP contribution in [-0.2, 0) is 14.3 Å². The fourth-order valence-electron chi connectivity index (χ4n) is 4.05. The second-order valence-corrected chi connectivity index (χ2v) is 6.54. The van der Waals surface area contributed by atoms with E-state index in [2.05, 4.69) is 13.0 Å². The fraction of sp³-hybridized carbons (Fsp3) is 0.812. The summed E-state index contributed by atoms with van der Waals surface area (Å²) in [5.74, 6) is 0.372. The third kappa shape index (κ3) is 2.22. The van der Waals surface area contributed by atoms with Gasteiger partial charge in [0.15, 0.2) is 0 Å². The first-order chi connectivity index (χ1) is 9.12. The van der Waals surface area contributed by atoms with Crippen molar-refractivity contribution in [2.24, 2.45) is 11.3 Å². The number of allylic oxidation sites excluding steroid dienone is 2. The lowest BCUT2D eigenvalue weighted by Gasteiger charge is -2.31. The van der Waals surface area contributed by atoms with Crippen molar-refractivity contribution in [3.63, 3.8) is 0 Å². The highest BCUT2D eigenvalue weighted by molar-refractivity contribution is 5.69. The molecule has 2 spiro atoms. The third-order valence-electron chi connectivity index (χ3n) is 5.54. The van der Waals surface area contributed by atoms with Gasteiger partial charge in [-0.25, -0.2) is 0 Å².